The molecule has 42 heavy (non-hydrogen) atoms. The highest BCUT2D eigenvalue weighted by Crippen LogP contribution is 2.25. The molecule has 0 saturated heterocycles. The summed E-state index contributed by atoms with van der Waals surface area (Å²) in [5.74, 6) is -0.652. The Morgan fingerprint density at radius 2 is 1.48 bits per heavy atom. The first-order valence-electron chi connectivity index (χ1n) is 14.7. The largest absolute Gasteiger partial charge is 0.445 e. The molecule has 10 heteroatoms. The van der Waals surface area contributed by atoms with Crippen LogP contribution in [0.25, 0.3) is 0 Å². The number of primary amides is 1. The monoisotopic (exact) mass is 579 g/mol. The molecule has 1 aliphatic rings. The number of fused-ring (bicyclic) bond motifs is 1. The third kappa shape index (κ3) is 10.5. The molecule has 0 aromatic heterocycles. The number of para-hydroxylation sites is 1. The van der Waals surface area contributed by atoms with E-state index < -0.39 is 30.0 Å². The van der Waals surface area contributed by atoms with Crippen LogP contribution in [0.3, 0.4) is 0 Å². The summed E-state index contributed by atoms with van der Waals surface area (Å²) >= 11 is 0. The molecule has 3 amide bonds. The second-order valence-corrected chi connectivity index (χ2v) is 11.8. The van der Waals surface area contributed by atoms with Crippen LogP contribution in [0.5, 0.6) is 0 Å². The van der Waals surface area contributed by atoms with Crippen LogP contribution in [0.2, 0.25) is 0 Å². The van der Waals surface area contributed by atoms with Gasteiger partial charge in [-0.15, -0.1) is 0 Å². The fourth-order valence-electron chi connectivity index (χ4n) is 5.10. The van der Waals surface area contributed by atoms with E-state index in [9.17, 15) is 19.2 Å². The normalized spacial score (nSPS) is 15.0. The van der Waals surface area contributed by atoms with Gasteiger partial charge < -0.3 is 26.0 Å². The Morgan fingerprint density at radius 3 is 2.14 bits per heavy atom. The van der Waals surface area contributed by atoms with Crippen LogP contribution in [-0.2, 0) is 32.3 Å². The summed E-state index contributed by atoms with van der Waals surface area (Å²) in [5.41, 5.74) is 8.26. The molecule has 0 radical (unpaired) electrons. The number of ketones is 1. The third-order valence-electron chi connectivity index (χ3n) is 7.08. The van der Waals surface area contributed by atoms with E-state index >= 15 is 0 Å². The fourth-order valence-corrected chi connectivity index (χ4v) is 5.10. The summed E-state index contributed by atoms with van der Waals surface area (Å²) < 4.78 is 5.34. The molecular formula is C32H45N5O5. The highest BCUT2D eigenvalue weighted by molar-refractivity contribution is 5.93. The van der Waals surface area contributed by atoms with Crippen LogP contribution in [0.4, 0.5) is 10.5 Å². The highest BCUT2D eigenvalue weighted by atomic mass is 16.5. The van der Waals surface area contributed by atoms with E-state index in [0.29, 0.717) is 32.5 Å². The number of amides is 3. The van der Waals surface area contributed by atoms with Crippen molar-refractivity contribution in [1.29, 1.82) is 0 Å². The number of nitrogens with one attached hydrogen (secondary N) is 2. The van der Waals surface area contributed by atoms with Crippen LogP contribution >= 0.6 is 0 Å². The summed E-state index contributed by atoms with van der Waals surface area (Å²) in [6.45, 7) is 9.89. The number of carbonyl (C=O) groups excluding carboxylic acids is 4. The maximum atomic E-state index is 13.6. The zero-order valence-electron chi connectivity index (χ0n) is 25.2. The minimum atomic E-state index is -0.844. The van der Waals surface area contributed by atoms with Gasteiger partial charge in [0.1, 0.15) is 12.6 Å². The Morgan fingerprint density at radius 1 is 0.833 bits per heavy atom. The maximum absolute atomic E-state index is 13.6. The molecule has 0 bridgehead atoms. The Balaban J connectivity index is 1.67. The number of hydrogen-bond donors (Lipinski definition) is 3. The average molecular weight is 580 g/mol. The van der Waals surface area contributed by atoms with Crippen molar-refractivity contribution in [3.8, 4) is 0 Å². The number of rotatable bonds is 14. The van der Waals surface area contributed by atoms with E-state index in [1.807, 2.05) is 92.1 Å². The zero-order valence-corrected chi connectivity index (χ0v) is 25.2. The van der Waals surface area contributed by atoms with Crippen molar-refractivity contribution in [2.45, 2.75) is 65.8 Å². The first-order valence-corrected chi connectivity index (χ1v) is 14.7. The molecule has 3 rings (SSSR count). The molecule has 1 heterocycles. The first kappa shape index (κ1) is 32.6. The second kappa shape index (κ2) is 15.9. The Kier molecular flexibility index (Phi) is 12.3. The van der Waals surface area contributed by atoms with Crippen molar-refractivity contribution in [3.05, 3.63) is 65.7 Å². The zero-order chi connectivity index (χ0) is 30.6. The van der Waals surface area contributed by atoms with Gasteiger partial charge in [0, 0.05) is 25.3 Å². The molecule has 10 nitrogen and oxygen atoms in total. The van der Waals surface area contributed by atoms with E-state index in [1.54, 1.807) is 0 Å². The molecule has 2 aromatic rings. The van der Waals surface area contributed by atoms with Gasteiger partial charge in [-0.2, -0.15) is 0 Å². The van der Waals surface area contributed by atoms with Gasteiger partial charge in [-0.1, -0.05) is 76.2 Å². The molecule has 4 N–H and O–H groups in total. The summed E-state index contributed by atoms with van der Waals surface area (Å²) in [5, 5.41) is 5.63. The van der Waals surface area contributed by atoms with Crippen LogP contribution < -0.4 is 21.3 Å². The molecule has 228 valence electrons. The maximum Gasteiger partial charge on any atom is 0.408 e. The molecule has 2 aromatic carbocycles. The minimum Gasteiger partial charge on any atom is -0.445 e. The molecular weight excluding hydrogens is 534 g/mol. The number of benzene rings is 2. The van der Waals surface area contributed by atoms with Crippen molar-refractivity contribution in [3.63, 3.8) is 0 Å². The third-order valence-corrected chi connectivity index (χ3v) is 7.08. The molecule has 0 aliphatic carbocycles. The van der Waals surface area contributed by atoms with Crippen molar-refractivity contribution in [2.24, 2.45) is 17.6 Å². The first-order chi connectivity index (χ1) is 20.0. The number of Topliss-reactive ketones (excluding diaryl/α,β-unsaturated/α-hetero) is 1. The molecule has 0 spiro atoms. The summed E-state index contributed by atoms with van der Waals surface area (Å²) in [6.07, 6.45) is 0.179. The molecule has 0 saturated carbocycles. The lowest BCUT2D eigenvalue weighted by molar-refractivity contribution is -0.130. The highest BCUT2D eigenvalue weighted by Gasteiger charge is 2.30. The smallest absolute Gasteiger partial charge is 0.408 e. The molecule has 2 atom stereocenters. The van der Waals surface area contributed by atoms with Gasteiger partial charge in [-0.05, 0) is 41.9 Å². The average Bonchev–Trinajstić information content (AvgIpc) is 3.10. The molecule has 1 aliphatic heterocycles. The van der Waals surface area contributed by atoms with Gasteiger partial charge in [-0.3, -0.25) is 19.3 Å². The SMILES string of the molecule is CC(C)C[C@H](NC(=O)[C@H](CC(C)C)NC(=O)OCc1ccccc1)C(=O)CN1CCN(CC(N)=O)c2ccccc2C1. The number of nitrogens with zero attached hydrogens (tertiary/aromatic N) is 2. The van der Waals surface area contributed by atoms with Crippen molar-refractivity contribution in [2.75, 3.05) is 31.1 Å². The minimum absolute atomic E-state index is 0.0903. The van der Waals surface area contributed by atoms with Gasteiger partial charge in [0.15, 0.2) is 5.78 Å². The molecule has 0 fully saturated rings. The van der Waals surface area contributed by atoms with Crippen LogP contribution in [0, 0.1) is 11.8 Å². The topological polar surface area (TPSA) is 134 Å². The Labute approximate surface area is 249 Å². The van der Waals surface area contributed by atoms with Gasteiger partial charge in [0.25, 0.3) is 0 Å². The quantitative estimate of drug-likeness (QED) is 0.313. The lowest BCUT2D eigenvalue weighted by atomic mass is 9.98. The lowest BCUT2D eigenvalue weighted by Crippen LogP contribution is -2.53. The molecule has 0 unspecified atom stereocenters. The van der Waals surface area contributed by atoms with E-state index in [1.165, 1.54) is 0 Å². The van der Waals surface area contributed by atoms with Gasteiger partial charge in [0.2, 0.25) is 11.8 Å². The summed E-state index contributed by atoms with van der Waals surface area (Å²) in [7, 11) is 0. The number of carbonyl (C=O) groups is 4. The fraction of sp³-hybridized carbons (Fsp3) is 0.500. The predicted molar refractivity (Wildman–Crippen MR) is 163 cm³/mol. The van der Waals surface area contributed by atoms with E-state index in [-0.39, 0.29) is 37.3 Å². The van der Waals surface area contributed by atoms with Crippen LogP contribution in [0.1, 0.15) is 51.7 Å². The lowest BCUT2D eigenvalue weighted by Gasteiger charge is -2.27. The number of hydrogen-bond acceptors (Lipinski definition) is 7. The van der Waals surface area contributed by atoms with Gasteiger partial charge in [-0.25, -0.2) is 4.79 Å². The van der Waals surface area contributed by atoms with Crippen molar-refractivity contribution < 1.29 is 23.9 Å². The van der Waals surface area contributed by atoms with Crippen LogP contribution in [-0.4, -0.2) is 66.9 Å². The Bertz CT molecular complexity index is 1200. The summed E-state index contributed by atoms with van der Waals surface area (Å²) in [4.78, 5) is 55.3. The number of alkyl carbamates (subject to hydrolysis) is 1. The predicted octanol–water partition coefficient (Wildman–Crippen LogP) is 3.24. The Hall–Kier alpha value is -3.92. The van der Waals surface area contributed by atoms with Crippen LogP contribution in [0.15, 0.2) is 54.6 Å². The second-order valence-electron chi connectivity index (χ2n) is 11.8. The number of ether oxygens (including phenoxy) is 1. The summed E-state index contributed by atoms with van der Waals surface area (Å²) in [6, 6.07) is 15.5. The van der Waals surface area contributed by atoms with Crippen molar-refractivity contribution in [1.82, 2.24) is 15.5 Å². The van der Waals surface area contributed by atoms with Gasteiger partial charge >= 0.3 is 6.09 Å². The van der Waals surface area contributed by atoms with E-state index in [2.05, 4.69) is 10.6 Å². The van der Waals surface area contributed by atoms with Crippen molar-refractivity contribution >= 4 is 29.4 Å². The standard InChI is InChI=1S/C32H45N5O5/c1-22(2)16-26(29(38)19-36-14-15-37(20-30(33)39)28-13-9-8-12-25(28)18-36)34-31(40)27(17-23(3)4)35-32(41)42-21-24-10-6-5-7-11-24/h5-13,22-23,26-27H,14-21H2,1-4H3,(H2,33,39)(H,34,40)(H,35,41)/t26-,27-/m0/s1. The number of nitrogens with two attached hydrogens (primary N) is 1. The van der Waals surface area contributed by atoms with E-state index in [4.69, 9.17) is 10.5 Å². The van der Waals surface area contributed by atoms with Gasteiger partial charge in [0.05, 0.1) is 19.1 Å². The van der Waals surface area contributed by atoms with E-state index in [0.717, 1.165) is 16.8 Å². The number of anilines is 1.